The van der Waals surface area contributed by atoms with Gasteiger partial charge < -0.3 is 0 Å². The van der Waals surface area contributed by atoms with Gasteiger partial charge in [0.1, 0.15) is 0 Å². The zero-order chi connectivity index (χ0) is 14.7. The van der Waals surface area contributed by atoms with Crippen LogP contribution in [0.1, 0.15) is 43.0 Å². The molecule has 1 aliphatic rings. The van der Waals surface area contributed by atoms with Gasteiger partial charge in [-0.1, -0.05) is 67.6 Å². The molecule has 0 aliphatic carbocycles. The molecule has 2 aromatic rings. The molecule has 0 saturated carbocycles. The van der Waals surface area contributed by atoms with Gasteiger partial charge in [-0.15, -0.1) is 4.91 Å². The van der Waals surface area contributed by atoms with Crippen molar-refractivity contribution in [3.63, 3.8) is 0 Å². The number of rotatable bonds is 3. The van der Waals surface area contributed by atoms with Crippen LogP contribution < -0.4 is 0 Å². The van der Waals surface area contributed by atoms with E-state index in [1.54, 1.807) is 5.01 Å². The van der Waals surface area contributed by atoms with E-state index in [2.05, 4.69) is 36.5 Å². The predicted molar refractivity (Wildman–Crippen MR) is 84.4 cm³/mol. The third kappa shape index (κ3) is 2.68. The molecule has 21 heavy (non-hydrogen) atoms. The van der Waals surface area contributed by atoms with Crippen molar-refractivity contribution in [3.05, 3.63) is 76.7 Å². The molecule has 1 fully saturated rings. The van der Waals surface area contributed by atoms with Crippen molar-refractivity contribution in [1.82, 2.24) is 5.01 Å². The van der Waals surface area contributed by atoms with E-state index in [-0.39, 0.29) is 12.1 Å². The van der Waals surface area contributed by atoms with Crippen molar-refractivity contribution < 1.29 is 0 Å². The van der Waals surface area contributed by atoms with Crippen molar-refractivity contribution >= 4 is 0 Å². The summed E-state index contributed by atoms with van der Waals surface area (Å²) in [7, 11) is 0. The van der Waals surface area contributed by atoms with Crippen LogP contribution in [0.4, 0.5) is 0 Å². The highest BCUT2D eigenvalue weighted by Crippen LogP contribution is 2.44. The van der Waals surface area contributed by atoms with E-state index in [9.17, 15) is 4.91 Å². The molecule has 2 aromatic carbocycles. The lowest BCUT2D eigenvalue weighted by atomic mass is 9.82. The summed E-state index contributed by atoms with van der Waals surface area (Å²) in [6.07, 6.45) is 2.07. The van der Waals surface area contributed by atoms with E-state index < -0.39 is 0 Å². The first-order chi connectivity index (χ1) is 10.3. The van der Waals surface area contributed by atoms with Crippen molar-refractivity contribution in [3.8, 4) is 0 Å². The molecule has 0 spiro atoms. The number of hydrogen-bond donors (Lipinski definition) is 0. The lowest BCUT2D eigenvalue weighted by Gasteiger charge is -2.42. The Hall–Kier alpha value is -2.16. The van der Waals surface area contributed by atoms with Gasteiger partial charge in [0, 0.05) is 0 Å². The van der Waals surface area contributed by atoms with Crippen LogP contribution in [0.3, 0.4) is 0 Å². The molecule has 108 valence electrons. The first kappa shape index (κ1) is 13.8. The zero-order valence-electron chi connectivity index (χ0n) is 12.2. The second-order valence-electron chi connectivity index (χ2n) is 5.80. The zero-order valence-corrected chi connectivity index (χ0v) is 12.2. The van der Waals surface area contributed by atoms with Crippen LogP contribution in [-0.2, 0) is 0 Å². The number of nitroso groups, excluding NO2 is 1. The Morgan fingerprint density at radius 3 is 2.05 bits per heavy atom. The largest absolute Gasteiger partial charge is 0.246 e. The Morgan fingerprint density at radius 2 is 1.48 bits per heavy atom. The van der Waals surface area contributed by atoms with Crippen molar-refractivity contribution in [1.29, 1.82) is 0 Å². The summed E-state index contributed by atoms with van der Waals surface area (Å²) in [5.74, 6) is 0.421. The van der Waals surface area contributed by atoms with Gasteiger partial charge >= 0.3 is 0 Å². The van der Waals surface area contributed by atoms with Crippen LogP contribution in [0.5, 0.6) is 0 Å². The Labute approximate surface area is 125 Å². The monoisotopic (exact) mass is 280 g/mol. The molecule has 3 heteroatoms. The minimum absolute atomic E-state index is 0.0580. The number of benzene rings is 2. The predicted octanol–water partition coefficient (Wildman–Crippen LogP) is 4.88. The second-order valence-corrected chi connectivity index (χ2v) is 5.80. The third-order valence-electron chi connectivity index (χ3n) is 4.46. The van der Waals surface area contributed by atoms with Crippen LogP contribution in [-0.4, -0.2) is 5.01 Å². The van der Waals surface area contributed by atoms with Gasteiger partial charge in [-0.3, -0.25) is 0 Å². The SMILES string of the molecule is C[C@@H]1CC[C@H](c2ccccc2)N(N=O)[C@@H]1c1ccccc1. The molecular formula is C18H20N2O. The summed E-state index contributed by atoms with van der Waals surface area (Å²) in [5, 5.41) is 5.16. The third-order valence-corrected chi connectivity index (χ3v) is 4.46. The van der Waals surface area contributed by atoms with Crippen molar-refractivity contribution in [2.45, 2.75) is 31.8 Å². The van der Waals surface area contributed by atoms with E-state index in [4.69, 9.17) is 0 Å². The molecule has 0 radical (unpaired) electrons. The van der Waals surface area contributed by atoms with Crippen molar-refractivity contribution in [2.75, 3.05) is 0 Å². The van der Waals surface area contributed by atoms with Crippen LogP contribution in [0.2, 0.25) is 0 Å². The molecule has 1 aliphatic heterocycles. The molecule has 0 unspecified atom stereocenters. The minimum atomic E-state index is 0.0580. The van der Waals surface area contributed by atoms with Crippen LogP contribution in [0, 0.1) is 10.8 Å². The summed E-state index contributed by atoms with van der Waals surface area (Å²) in [5.41, 5.74) is 2.34. The second kappa shape index (κ2) is 6.08. The fraction of sp³-hybridized carbons (Fsp3) is 0.333. The molecule has 0 aromatic heterocycles. The van der Waals surface area contributed by atoms with Gasteiger partial charge in [0.15, 0.2) is 0 Å². The highest BCUT2D eigenvalue weighted by atomic mass is 16.3. The van der Waals surface area contributed by atoms with Crippen LogP contribution >= 0.6 is 0 Å². The fourth-order valence-electron chi connectivity index (χ4n) is 3.40. The van der Waals surface area contributed by atoms with E-state index >= 15 is 0 Å². The highest BCUT2D eigenvalue weighted by molar-refractivity contribution is 5.24. The Balaban J connectivity index is 1.97. The summed E-state index contributed by atoms with van der Waals surface area (Å²) in [6.45, 7) is 2.21. The molecule has 1 heterocycles. The van der Waals surface area contributed by atoms with Crippen LogP contribution in [0.25, 0.3) is 0 Å². The maximum Gasteiger partial charge on any atom is 0.0784 e. The van der Waals surface area contributed by atoms with E-state index in [0.717, 1.165) is 12.8 Å². The smallest absolute Gasteiger partial charge is 0.0784 e. The normalized spacial score (nSPS) is 25.6. The van der Waals surface area contributed by atoms with E-state index in [1.807, 2.05) is 36.4 Å². The van der Waals surface area contributed by atoms with Crippen molar-refractivity contribution in [2.24, 2.45) is 11.2 Å². The molecule has 3 nitrogen and oxygen atoms in total. The Morgan fingerprint density at radius 1 is 0.905 bits per heavy atom. The van der Waals surface area contributed by atoms with Gasteiger partial charge in [-0.25, -0.2) is 5.01 Å². The first-order valence-corrected chi connectivity index (χ1v) is 7.52. The number of hydrogen-bond acceptors (Lipinski definition) is 2. The summed E-state index contributed by atoms with van der Waals surface area (Å²) < 4.78 is 0. The maximum absolute atomic E-state index is 11.5. The van der Waals surface area contributed by atoms with E-state index in [0.29, 0.717) is 5.92 Å². The molecule has 1 saturated heterocycles. The molecule has 0 bridgehead atoms. The first-order valence-electron chi connectivity index (χ1n) is 7.52. The van der Waals surface area contributed by atoms with Gasteiger partial charge in [0.05, 0.1) is 17.4 Å². The van der Waals surface area contributed by atoms with Gasteiger partial charge in [-0.2, -0.15) is 0 Å². The molecular weight excluding hydrogens is 260 g/mol. The minimum Gasteiger partial charge on any atom is -0.246 e. The average Bonchev–Trinajstić information content (AvgIpc) is 2.56. The van der Waals surface area contributed by atoms with Gasteiger partial charge in [-0.05, 0) is 29.9 Å². The summed E-state index contributed by atoms with van der Waals surface area (Å²) >= 11 is 0. The van der Waals surface area contributed by atoms with Gasteiger partial charge in [0.25, 0.3) is 0 Å². The molecule has 3 atom stereocenters. The lowest BCUT2D eigenvalue weighted by Crippen LogP contribution is -2.36. The van der Waals surface area contributed by atoms with Crippen LogP contribution in [0.15, 0.2) is 65.9 Å². The molecule has 3 rings (SSSR count). The average molecular weight is 280 g/mol. The number of nitrogens with zero attached hydrogens (tertiary/aromatic N) is 2. The summed E-state index contributed by atoms with van der Waals surface area (Å²) in [4.78, 5) is 11.5. The molecule has 0 N–H and O–H groups in total. The maximum atomic E-state index is 11.5. The Bertz CT molecular complexity index is 585. The topological polar surface area (TPSA) is 32.7 Å². The quantitative estimate of drug-likeness (QED) is 0.750. The Kier molecular flexibility index (Phi) is 4.00. The summed E-state index contributed by atoms with van der Waals surface area (Å²) in [6, 6.07) is 20.6. The highest BCUT2D eigenvalue weighted by Gasteiger charge is 2.37. The standard InChI is InChI=1S/C18H20N2O/c1-14-12-13-17(15-8-4-2-5-9-15)20(19-21)18(14)16-10-6-3-7-11-16/h2-11,14,17-18H,12-13H2,1H3/t14-,17-,18+/m1/s1. The van der Waals surface area contributed by atoms with Gasteiger partial charge in [0.2, 0.25) is 0 Å². The fourth-order valence-corrected chi connectivity index (χ4v) is 3.40. The number of piperidine rings is 1. The lowest BCUT2D eigenvalue weighted by molar-refractivity contribution is 0.0442. The van der Waals surface area contributed by atoms with E-state index in [1.165, 1.54) is 11.1 Å². The molecule has 0 amide bonds.